The Morgan fingerprint density at radius 2 is 1.87 bits per heavy atom. The largest absolute Gasteiger partial charge is 0.508 e. The van der Waals surface area contributed by atoms with E-state index in [0.717, 1.165) is 5.56 Å². The number of carbonyl (C=O) groups excluding carboxylic acids is 2. The Bertz CT molecular complexity index is 353. The van der Waals surface area contributed by atoms with Crippen LogP contribution in [0.4, 0.5) is 0 Å². The molecule has 0 radical (unpaired) electrons. The van der Waals surface area contributed by atoms with E-state index in [9.17, 15) is 9.59 Å². The lowest BCUT2D eigenvalue weighted by Gasteiger charge is -2.03. The summed E-state index contributed by atoms with van der Waals surface area (Å²) >= 11 is 0. The molecule has 1 aromatic carbocycles. The average molecular weight is 208 g/mol. The summed E-state index contributed by atoms with van der Waals surface area (Å²) in [7, 11) is 0. The maximum atomic E-state index is 11.0. The van der Waals surface area contributed by atoms with E-state index in [-0.39, 0.29) is 24.6 Å². The molecule has 1 aromatic rings. The fourth-order valence-corrected chi connectivity index (χ4v) is 1.01. The van der Waals surface area contributed by atoms with E-state index >= 15 is 0 Å². The quantitative estimate of drug-likeness (QED) is 0.600. The van der Waals surface area contributed by atoms with Crippen LogP contribution in [0, 0.1) is 0 Å². The van der Waals surface area contributed by atoms with Crippen LogP contribution < -0.4 is 0 Å². The highest BCUT2D eigenvalue weighted by Gasteiger charge is 2.06. The first-order chi connectivity index (χ1) is 7.08. The molecule has 0 aliphatic carbocycles. The molecule has 0 fully saturated rings. The Morgan fingerprint density at radius 3 is 2.40 bits per heavy atom. The molecule has 0 aromatic heterocycles. The lowest BCUT2D eigenvalue weighted by Crippen LogP contribution is -2.08. The Labute approximate surface area is 87.5 Å². The Morgan fingerprint density at radius 1 is 1.27 bits per heavy atom. The summed E-state index contributed by atoms with van der Waals surface area (Å²) in [6, 6.07) is 6.31. The van der Waals surface area contributed by atoms with Crippen molar-refractivity contribution in [2.24, 2.45) is 0 Å². The van der Waals surface area contributed by atoms with Crippen molar-refractivity contribution < 1.29 is 19.4 Å². The van der Waals surface area contributed by atoms with Crippen molar-refractivity contribution in [3.63, 3.8) is 0 Å². The highest BCUT2D eigenvalue weighted by atomic mass is 16.5. The molecule has 0 unspecified atom stereocenters. The van der Waals surface area contributed by atoms with E-state index in [1.54, 1.807) is 12.1 Å². The second-order valence-corrected chi connectivity index (χ2v) is 3.21. The van der Waals surface area contributed by atoms with E-state index in [0.29, 0.717) is 0 Å². The van der Waals surface area contributed by atoms with Gasteiger partial charge in [-0.3, -0.25) is 9.59 Å². The first-order valence-corrected chi connectivity index (χ1v) is 4.51. The van der Waals surface area contributed by atoms with Gasteiger partial charge in [-0.25, -0.2) is 0 Å². The molecule has 1 rings (SSSR count). The van der Waals surface area contributed by atoms with Crippen molar-refractivity contribution in [2.75, 3.05) is 0 Å². The predicted octanol–water partition coefficient (Wildman–Crippen LogP) is 1.41. The third-order valence-corrected chi connectivity index (χ3v) is 1.73. The molecule has 0 spiro atoms. The van der Waals surface area contributed by atoms with Crippen molar-refractivity contribution in [2.45, 2.75) is 20.0 Å². The van der Waals surface area contributed by atoms with E-state index in [1.165, 1.54) is 19.1 Å². The maximum Gasteiger partial charge on any atom is 0.313 e. The summed E-state index contributed by atoms with van der Waals surface area (Å²) in [6.07, 6.45) is -0.196. The van der Waals surface area contributed by atoms with Crippen molar-refractivity contribution in [3.05, 3.63) is 29.8 Å². The van der Waals surface area contributed by atoms with Crippen molar-refractivity contribution in [1.82, 2.24) is 0 Å². The Kier molecular flexibility index (Phi) is 3.85. The van der Waals surface area contributed by atoms with Gasteiger partial charge in [0.25, 0.3) is 0 Å². The van der Waals surface area contributed by atoms with Gasteiger partial charge < -0.3 is 9.84 Å². The number of ether oxygens (including phenoxy) is 1. The van der Waals surface area contributed by atoms with Gasteiger partial charge in [-0.05, 0) is 24.6 Å². The topological polar surface area (TPSA) is 63.6 Å². The molecule has 15 heavy (non-hydrogen) atoms. The van der Waals surface area contributed by atoms with Gasteiger partial charge in [-0.15, -0.1) is 0 Å². The molecule has 4 heteroatoms. The van der Waals surface area contributed by atoms with E-state index in [4.69, 9.17) is 9.84 Å². The molecular formula is C11H12O4. The first kappa shape index (κ1) is 11.2. The molecule has 0 aliphatic rings. The molecule has 1 N–H and O–H groups in total. The second kappa shape index (κ2) is 5.14. The van der Waals surface area contributed by atoms with Crippen molar-refractivity contribution in [1.29, 1.82) is 0 Å². The van der Waals surface area contributed by atoms with Gasteiger partial charge in [0, 0.05) is 0 Å². The number of rotatable bonds is 4. The Hall–Kier alpha value is -1.84. The fraction of sp³-hybridized carbons (Fsp3) is 0.273. The monoisotopic (exact) mass is 208 g/mol. The normalized spacial score (nSPS) is 9.67. The molecule has 0 saturated heterocycles. The highest BCUT2D eigenvalue weighted by Crippen LogP contribution is 2.10. The molecule has 0 heterocycles. The second-order valence-electron chi connectivity index (χ2n) is 3.21. The van der Waals surface area contributed by atoms with Crippen molar-refractivity contribution in [3.8, 4) is 5.75 Å². The number of ketones is 1. The number of aromatic hydroxyl groups is 1. The van der Waals surface area contributed by atoms with Crippen LogP contribution in [0.1, 0.15) is 18.9 Å². The molecule has 0 atom stereocenters. The summed E-state index contributed by atoms with van der Waals surface area (Å²) in [5, 5.41) is 9.00. The molecular weight excluding hydrogens is 196 g/mol. The van der Waals surface area contributed by atoms with Crippen LogP contribution in [0.15, 0.2) is 24.3 Å². The van der Waals surface area contributed by atoms with Gasteiger partial charge in [-0.2, -0.15) is 0 Å². The smallest absolute Gasteiger partial charge is 0.313 e. The van der Waals surface area contributed by atoms with Gasteiger partial charge in [0.15, 0.2) is 0 Å². The summed E-state index contributed by atoms with van der Waals surface area (Å²) in [5.74, 6) is -0.588. The number of Topliss-reactive ketones (excluding diaryl/α,β-unsaturated/α-hetero) is 1. The minimum atomic E-state index is -0.532. The molecule has 0 saturated carbocycles. The lowest BCUT2D eigenvalue weighted by atomic mass is 10.2. The summed E-state index contributed by atoms with van der Waals surface area (Å²) < 4.78 is 4.84. The number of carbonyl (C=O) groups is 2. The maximum absolute atomic E-state index is 11.0. The van der Waals surface area contributed by atoms with E-state index in [1.807, 2.05) is 0 Å². The van der Waals surface area contributed by atoms with Crippen LogP contribution in [0.3, 0.4) is 0 Å². The minimum absolute atomic E-state index is 0.117. The minimum Gasteiger partial charge on any atom is -0.508 e. The number of phenols is 1. The average Bonchev–Trinajstić information content (AvgIpc) is 2.16. The van der Waals surface area contributed by atoms with Crippen LogP contribution in [-0.2, 0) is 20.9 Å². The van der Waals surface area contributed by atoms with Gasteiger partial charge >= 0.3 is 5.97 Å². The number of benzene rings is 1. The third-order valence-electron chi connectivity index (χ3n) is 1.73. The van der Waals surface area contributed by atoms with Crippen LogP contribution in [0.5, 0.6) is 5.75 Å². The zero-order valence-corrected chi connectivity index (χ0v) is 8.40. The van der Waals surface area contributed by atoms with Gasteiger partial charge in [0.2, 0.25) is 0 Å². The molecule has 0 amide bonds. The van der Waals surface area contributed by atoms with E-state index in [2.05, 4.69) is 0 Å². The SMILES string of the molecule is CC(=O)CC(=O)OCc1ccc(O)cc1. The van der Waals surface area contributed by atoms with Crippen LogP contribution in [0.2, 0.25) is 0 Å². The standard InChI is InChI=1S/C11H12O4/c1-8(12)6-11(14)15-7-9-2-4-10(13)5-3-9/h2-5,13H,6-7H2,1H3. The molecule has 80 valence electrons. The molecule has 0 aliphatic heterocycles. The summed E-state index contributed by atoms with van der Waals surface area (Å²) in [6.45, 7) is 1.45. The van der Waals surface area contributed by atoms with Crippen molar-refractivity contribution >= 4 is 11.8 Å². The Balaban J connectivity index is 2.40. The van der Waals surface area contributed by atoms with Crippen LogP contribution in [-0.4, -0.2) is 16.9 Å². The zero-order valence-electron chi connectivity index (χ0n) is 8.40. The molecule has 0 bridgehead atoms. The predicted molar refractivity (Wildman–Crippen MR) is 53.2 cm³/mol. The highest BCUT2D eigenvalue weighted by molar-refractivity contribution is 5.94. The zero-order chi connectivity index (χ0) is 11.3. The van der Waals surface area contributed by atoms with Crippen LogP contribution >= 0.6 is 0 Å². The summed E-state index contributed by atoms with van der Waals surface area (Å²) in [4.78, 5) is 21.6. The number of phenolic OH excluding ortho intramolecular Hbond substituents is 1. The number of hydrogen-bond donors (Lipinski definition) is 1. The lowest BCUT2D eigenvalue weighted by molar-refractivity contribution is -0.146. The number of esters is 1. The summed E-state index contributed by atoms with van der Waals surface area (Å²) in [5.41, 5.74) is 0.768. The van der Waals surface area contributed by atoms with Gasteiger partial charge in [-0.1, -0.05) is 12.1 Å². The van der Waals surface area contributed by atoms with E-state index < -0.39 is 5.97 Å². The fourth-order valence-electron chi connectivity index (χ4n) is 1.01. The van der Waals surface area contributed by atoms with Gasteiger partial charge in [0.1, 0.15) is 24.6 Å². The molecule has 4 nitrogen and oxygen atoms in total. The third kappa shape index (κ3) is 4.26. The van der Waals surface area contributed by atoms with Crippen LogP contribution in [0.25, 0.3) is 0 Å². The van der Waals surface area contributed by atoms with Gasteiger partial charge in [0.05, 0.1) is 0 Å². The number of hydrogen-bond acceptors (Lipinski definition) is 4. The first-order valence-electron chi connectivity index (χ1n) is 4.51.